The average Bonchev–Trinajstić information content (AvgIpc) is 3.30. The molecule has 1 atom stereocenters. The van der Waals surface area contributed by atoms with Gasteiger partial charge in [-0.3, -0.25) is 4.79 Å². The zero-order valence-electron chi connectivity index (χ0n) is 17.8. The van der Waals surface area contributed by atoms with Crippen molar-refractivity contribution in [1.82, 2.24) is 9.97 Å². The molecule has 1 aromatic heterocycles. The Labute approximate surface area is 182 Å². The van der Waals surface area contributed by atoms with Crippen LogP contribution in [0.4, 0.5) is 23.1 Å². The normalized spacial score (nSPS) is 14.2. The first-order chi connectivity index (χ1) is 15.1. The number of aromatic nitrogens is 2. The molecule has 1 amide bonds. The number of benzene rings is 2. The number of amides is 1. The molecule has 0 aliphatic carbocycles. The lowest BCUT2D eigenvalue weighted by Crippen LogP contribution is -2.30. The fourth-order valence-corrected chi connectivity index (χ4v) is 3.48. The highest BCUT2D eigenvalue weighted by Gasteiger charge is 2.16. The molecule has 0 bridgehead atoms. The number of hydrogen-bond donors (Lipinski definition) is 2. The summed E-state index contributed by atoms with van der Waals surface area (Å²) in [5.74, 6) is 1.99. The second-order valence-corrected chi connectivity index (χ2v) is 7.65. The van der Waals surface area contributed by atoms with Gasteiger partial charge >= 0.3 is 0 Å². The zero-order chi connectivity index (χ0) is 21.6. The highest BCUT2D eigenvalue weighted by molar-refractivity contribution is 5.94. The van der Waals surface area contributed by atoms with E-state index in [4.69, 9.17) is 4.74 Å². The van der Waals surface area contributed by atoms with Crippen LogP contribution >= 0.6 is 0 Å². The summed E-state index contributed by atoms with van der Waals surface area (Å²) in [6.07, 6.45) is 1.80. The summed E-state index contributed by atoms with van der Waals surface area (Å²) in [6.45, 7) is 5.78. The summed E-state index contributed by atoms with van der Waals surface area (Å²) in [5.41, 5.74) is 2.47. The van der Waals surface area contributed by atoms with Gasteiger partial charge in [0.1, 0.15) is 11.6 Å². The highest BCUT2D eigenvalue weighted by atomic mass is 16.5. The van der Waals surface area contributed by atoms with E-state index in [-0.39, 0.29) is 5.91 Å². The van der Waals surface area contributed by atoms with Crippen LogP contribution in [0.5, 0.6) is 5.75 Å². The molecule has 0 saturated carbocycles. The summed E-state index contributed by atoms with van der Waals surface area (Å²) in [5, 5.41) is 6.14. The van der Waals surface area contributed by atoms with E-state index in [2.05, 4.69) is 25.5 Å². The van der Waals surface area contributed by atoms with Crippen molar-refractivity contribution in [2.45, 2.75) is 32.8 Å². The van der Waals surface area contributed by atoms with Crippen LogP contribution in [0, 0.1) is 6.92 Å². The Morgan fingerprint density at radius 1 is 1.00 bits per heavy atom. The maximum absolute atomic E-state index is 12.4. The molecular weight excluding hydrogens is 390 g/mol. The van der Waals surface area contributed by atoms with Crippen molar-refractivity contribution in [1.29, 1.82) is 0 Å². The lowest BCUT2D eigenvalue weighted by Gasteiger charge is -2.18. The molecule has 3 aromatic rings. The largest absolute Gasteiger partial charge is 0.481 e. The van der Waals surface area contributed by atoms with E-state index >= 15 is 0 Å². The highest BCUT2D eigenvalue weighted by Crippen LogP contribution is 2.22. The van der Waals surface area contributed by atoms with Crippen molar-refractivity contribution in [3.63, 3.8) is 0 Å². The molecule has 2 heterocycles. The molecule has 1 fully saturated rings. The topological polar surface area (TPSA) is 79.4 Å². The molecule has 0 spiro atoms. The van der Waals surface area contributed by atoms with E-state index in [1.165, 1.54) is 12.8 Å². The lowest BCUT2D eigenvalue weighted by atomic mass is 10.2. The molecular formula is C24H27N5O2. The zero-order valence-corrected chi connectivity index (χ0v) is 17.8. The van der Waals surface area contributed by atoms with Crippen LogP contribution in [0.3, 0.4) is 0 Å². The smallest absolute Gasteiger partial charge is 0.265 e. The number of carbonyl (C=O) groups is 1. The number of ether oxygens (including phenoxy) is 1. The van der Waals surface area contributed by atoms with E-state index < -0.39 is 6.10 Å². The van der Waals surface area contributed by atoms with Gasteiger partial charge in [-0.2, -0.15) is 4.98 Å². The molecule has 1 saturated heterocycles. The molecule has 0 radical (unpaired) electrons. The second kappa shape index (κ2) is 9.47. The first-order valence-electron chi connectivity index (χ1n) is 10.6. The summed E-state index contributed by atoms with van der Waals surface area (Å²) in [6, 6.07) is 18.8. The van der Waals surface area contributed by atoms with Gasteiger partial charge in [0.25, 0.3) is 5.91 Å². The Balaban J connectivity index is 1.36. The molecule has 7 heteroatoms. The standard InChI is InChI=1S/C24H27N5O2/c1-17-16-22(29-14-6-7-15-29)28-24(25-17)27-20-12-10-19(11-13-20)26-23(30)18(2)31-21-8-4-3-5-9-21/h3-5,8-13,16,18H,6-7,14-15H2,1-2H3,(H,26,30)(H,25,27,28)/t18-/m0/s1. The number of anilines is 4. The molecule has 2 aromatic carbocycles. The predicted octanol–water partition coefficient (Wildman–Crippen LogP) is 4.53. The lowest BCUT2D eigenvalue weighted by molar-refractivity contribution is -0.122. The molecule has 160 valence electrons. The summed E-state index contributed by atoms with van der Waals surface area (Å²) < 4.78 is 5.67. The third kappa shape index (κ3) is 5.51. The first kappa shape index (κ1) is 20.7. The number of nitrogens with one attached hydrogen (secondary N) is 2. The summed E-state index contributed by atoms with van der Waals surface area (Å²) >= 11 is 0. The number of aryl methyl sites for hydroxylation is 1. The minimum Gasteiger partial charge on any atom is -0.481 e. The van der Waals surface area contributed by atoms with Crippen LogP contribution in [0.1, 0.15) is 25.5 Å². The minimum atomic E-state index is -0.607. The van der Waals surface area contributed by atoms with Crippen molar-refractivity contribution in [3.8, 4) is 5.75 Å². The van der Waals surface area contributed by atoms with E-state index in [0.717, 1.165) is 30.3 Å². The summed E-state index contributed by atoms with van der Waals surface area (Å²) in [7, 11) is 0. The number of carbonyl (C=O) groups excluding carboxylic acids is 1. The minimum absolute atomic E-state index is 0.207. The van der Waals surface area contributed by atoms with Gasteiger partial charge in [0.2, 0.25) is 5.95 Å². The van der Waals surface area contributed by atoms with Crippen LogP contribution in [0.15, 0.2) is 60.7 Å². The number of hydrogen-bond acceptors (Lipinski definition) is 6. The first-order valence-corrected chi connectivity index (χ1v) is 10.6. The van der Waals surface area contributed by atoms with E-state index in [1.54, 1.807) is 6.92 Å². The SMILES string of the molecule is Cc1cc(N2CCCC2)nc(Nc2ccc(NC(=O)[C@H](C)Oc3ccccc3)cc2)n1. The molecule has 1 aliphatic rings. The molecule has 4 rings (SSSR count). The van der Waals surface area contributed by atoms with Gasteiger partial charge in [0.15, 0.2) is 6.10 Å². The maximum atomic E-state index is 12.4. The Morgan fingerprint density at radius 3 is 2.39 bits per heavy atom. The van der Waals surface area contributed by atoms with Crippen LogP contribution < -0.4 is 20.3 Å². The van der Waals surface area contributed by atoms with Gasteiger partial charge < -0.3 is 20.3 Å². The fraction of sp³-hybridized carbons (Fsp3) is 0.292. The molecule has 1 aliphatic heterocycles. The van der Waals surface area contributed by atoms with Gasteiger partial charge in [-0.05, 0) is 63.1 Å². The molecule has 31 heavy (non-hydrogen) atoms. The van der Waals surface area contributed by atoms with Crippen molar-refractivity contribution >= 4 is 29.0 Å². The fourth-order valence-electron chi connectivity index (χ4n) is 3.48. The average molecular weight is 418 g/mol. The van der Waals surface area contributed by atoms with Crippen molar-refractivity contribution in [3.05, 3.63) is 66.4 Å². The Hall–Kier alpha value is -3.61. The summed E-state index contributed by atoms with van der Waals surface area (Å²) in [4.78, 5) is 23.9. The van der Waals surface area contributed by atoms with Crippen LogP contribution in [-0.4, -0.2) is 35.1 Å². The van der Waals surface area contributed by atoms with Gasteiger partial charge in [-0.15, -0.1) is 0 Å². The Morgan fingerprint density at radius 2 is 1.68 bits per heavy atom. The van der Waals surface area contributed by atoms with E-state index in [0.29, 0.717) is 17.4 Å². The van der Waals surface area contributed by atoms with Crippen LogP contribution in [0.25, 0.3) is 0 Å². The Bertz CT molecular complexity index is 1020. The third-order valence-electron chi connectivity index (χ3n) is 5.10. The van der Waals surface area contributed by atoms with Crippen molar-refractivity contribution in [2.24, 2.45) is 0 Å². The van der Waals surface area contributed by atoms with Gasteiger partial charge in [0.05, 0.1) is 0 Å². The quantitative estimate of drug-likeness (QED) is 0.588. The monoisotopic (exact) mass is 417 g/mol. The molecule has 2 N–H and O–H groups in total. The third-order valence-corrected chi connectivity index (χ3v) is 5.10. The number of nitrogens with zero attached hydrogens (tertiary/aromatic N) is 3. The van der Waals surface area contributed by atoms with Gasteiger partial charge in [-0.25, -0.2) is 4.98 Å². The van der Waals surface area contributed by atoms with Gasteiger partial charge in [-0.1, -0.05) is 18.2 Å². The van der Waals surface area contributed by atoms with Gasteiger partial charge in [0, 0.05) is 36.2 Å². The van der Waals surface area contributed by atoms with Crippen LogP contribution in [-0.2, 0) is 4.79 Å². The predicted molar refractivity (Wildman–Crippen MR) is 123 cm³/mol. The second-order valence-electron chi connectivity index (χ2n) is 7.65. The molecule has 0 unspecified atom stereocenters. The van der Waals surface area contributed by atoms with Crippen molar-refractivity contribution in [2.75, 3.05) is 28.6 Å². The van der Waals surface area contributed by atoms with E-state index in [9.17, 15) is 4.79 Å². The maximum Gasteiger partial charge on any atom is 0.265 e. The molecule has 7 nitrogen and oxygen atoms in total. The number of rotatable bonds is 7. The van der Waals surface area contributed by atoms with E-state index in [1.807, 2.05) is 67.6 Å². The Kier molecular flexibility index (Phi) is 6.31. The number of para-hydroxylation sites is 1. The van der Waals surface area contributed by atoms with Crippen molar-refractivity contribution < 1.29 is 9.53 Å². The van der Waals surface area contributed by atoms with Crippen LogP contribution in [0.2, 0.25) is 0 Å².